The highest BCUT2D eigenvalue weighted by Gasteiger charge is 2.06. The van der Waals surface area contributed by atoms with Crippen molar-refractivity contribution in [3.05, 3.63) is 95.6 Å². The Labute approximate surface area is 148 Å². The number of rotatable bonds is 6. The molecule has 25 heavy (non-hydrogen) atoms. The molecule has 0 aliphatic carbocycles. The first-order valence-electron chi connectivity index (χ1n) is 8.43. The maximum Gasteiger partial charge on any atom is 0.228 e. The quantitative estimate of drug-likeness (QED) is 0.682. The lowest BCUT2D eigenvalue weighted by molar-refractivity contribution is -0.115. The Morgan fingerprint density at radius 2 is 1.44 bits per heavy atom. The van der Waals surface area contributed by atoms with Gasteiger partial charge in [0.2, 0.25) is 5.91 Å². The van der Waals surface area contributed by atoms with Crippen molar-refractivity contribution in [3.8, 4) is 0 Å². The van der Waals surface area contributed by atoms with E-state index in [1.807, 2.05) is 73.7 Å². The minimum Gasteiger partial charge on any atom is -0.381 e. The molecule has 0 aliphatic rings. The van der Waals surface area contributed by atoms with Gasteiger partial charge in [-0.15, -0.1) is 0 Å². The molecule has 3 nitrogen and oxygen atoms in total. The highest BCUT2D eigenvalue weighted by molar-refractivity contribution is 5.92. The molecule has 0 aliphatic heterocycles. The van der Waals surface area contributed by atoms with E-state index in [1.165, 1.54) is 5.56 Å². The van der Waals surface area contributed by atoms with Crippen LogP contribution in [0.2, 0.25) is 0 Å². The Hall–Kier alpha value is -3.07. The van der Waals surface area contributed by atoms with E-state index in [-0.39, 0.29) is 5.91 Å². The van der Waals surface area contributed by atoms with Crippen molar-refractivity contribution in [2.75, 3.05) is 10.6 Å². The van der Waals surface area contributed by atoms with Gasteiger partial charge in [0, 0.05) is 17.9 Å². The van der Waals surface area contributed by atoms with E-state index in [1.54, 1.807) is 0 Å². The standard InChI is InChI=1S/C22H22N2O/c1-17-7-5-6-10-19(17)15-22(25)24-21-13-11-20(12-14-21)23-16-18-8-3-2-4-9-18/h2-14,23H,15-16H2,1H3,(H,24,25). The summed E-state index contributed by atoms with van der Waals surface area (Å²) in [6.45, 7) is 2.80. The monoisotopic (exact) mass is 330 g/mol. The van der Waals surface area contributed by atoms with Crippen LogP contribution in [0, 0.1) is 6.92 Å². The van der Waals surface area contributed by atoms with E-state index >= 15 is 0 Å². The third-order valence-corrected chi connectivity index (χ3v) is 4.12. The number of anilines is 2. The number of nitrogens with one attached hydrogen (secondary N) is 2. The van der Waals surface area contributed by atoms with Crippen LogP contribution in [-0.2, 0) is 17.8 Å². The van der Waals surface area contributed by atoms with E-state index < -0.39 is 0 Å². The van der Waals surface area contributed by atoms with Crippen LogP contribution < -0.4 is 10.6 Å². The molecule has 126 valence electrons. The van der Waals surface area contributed by atoms with Crippen molar-refractivity contribution in [1.82, 2.24) is 0 Å². The third kappa shape index (κ3) is 4.95. The van der Waals surface area contributed by atoms with E-state index in [9.17, 15) is 4.79 Å². The first-order valence-corrected chi connectivity index (χ1v) is 8.43. The number of amides is 1. The van der Waals surface area contributed by atoms with Gasteiger partial charge < -0.3 is 10.6 Å². The number of hydrogen-bond acceptors (Lipinski definition) is 2. The number of aryl methyl sites for hydroxylation is 1. The highest BCUT2D eigenvalue weighted by atomic mass is 16.1. The van der Waals surface area contributed by atoms with Gasteiger partial charge in [-0.05, 0) is 47.9 Å². The number of carbonyl (C=O) groups excluding carboxylic acids is 1. The molecule has 0 aromatic heterocycles. The normalized spacial score (nSPS) is 10.3. The molecule has 3 rings (SSSR count). The first kappa shape index (κ1) is 16.8. The molecule has 0 heterocycles. The molecule has 3 aromatic rings. The maximum absolute atomic E-state index is 12.2. The molecule has 0 saturated carbocycles. The lowest BCUT2D eigenvalue weighted by Crippen LogP contribution is -2.15. The molecule has 0 bridgehead atoms. The SMILES string of the molecule is Cc1ccccc1CC(=O)Nc1ccc(NCc2ccccc2)cc1. The summed E-state index contributed by atoms with van der Waals surface area (Å²) >= 11 is 0. The predicted molar refractivity (Wildman–Crippen MR) is 104 cm³/mol. The molecule has 3 heteroatoms. The lowest BCUT2D eigenvalue weighted by Gasteiger charge is -2.10. The average molecular weight is 330 g/mol. The fraction of sp³-hybridized carbons (Fsp3) is 0.136. The van der Waals surface area contributed by atoms with Crippen LogP contribution in [0.25, 0.3) is 0 Å². The van der Waals surface area contributed by atoms with Gasteiger partial charge in [0.15, 0.2) is 0 Å². The molecule has 3 aromatic carbocycles. The minimum atomic E-state index is -0.000653. The van der Waals surface area contributed by atoms with Gasteiger partial charge in [0.1, 0.15) is 0 Å². The van der Waals surface area contributed by atoms with Crippen LogP contribution in [-0.4, -0.2) is 5.91 Å². The molecule has 1 amide bonds. The molecule has 2 N–H and O–H groups in total. The van der Waals surface area contributed by atoms with Gasteiger partial charge in [0.05, 0.1) is 6.42 Å². The van der Waals surface area contributed by atoms with E-state index in [4.69, 9.17) is 0 Å². The van der Waals surface area contributed by atoms with Gasteiger partial charge in [0.25, 0.3) is 0 Å². The second kappa shape index (κ2) is 8.15. The Balaban J connectivity index is 1.53. The van der Waals surface area contributed by atoms with Crippen molar-refractivity contribution in [2.24, 2.45) is 0 Å². The van der Waals surface area contributed by atoms with Crippen LogP contribution in [0.15, 0.2) is 78.9 Å². The summed E-state index contributed by atoms with van der Waals surface area (Å²) in [5.41, 5.74) is 5.27. The molecule has 0 spiro atoms. The van der Waals surface area contributed by atoms with Gasteiger partial charge in [-0.25, -0.2) is 0 Å². The highest BCUT2D eigenvalue weighted by Crippen LogP contribution is 2.15. The van der Waals surface area contributed by atoms with Crippen LogP contribution >= 0.6 is 0 Å². The Bertz CT molecular complexity index is 826. The van der Waals surface area contributed by atoms with Gasteiger partial charge in [-0.1, -0.05) is 54.6 Å². The minimum absolute atomic E-state index is 0.000653. The summed E-state index contributed by atoms with van der Waals surface area (Å²) in [7, 11) is 0. The van der Waals surface area contributed by atoms with E-state index in [0.29, 0.717) is 6.42 Å². The smallest absolute Gasteiger partial charge is 0.228 e. The zero-order valence-electron chi connectivity index (χ0n) is 14.3. The number of carbonyl (C=O) groups is 1. The molecule has 0 saturated heterocycles. The molecule has 0 unspecified atom stereocenters. The Kier molecular flexibility index (Phi) is 5.47. The van der Waals surface area contributed by atoms with Crippen LogP contribution in [0.4, 0.5) is 11.4 Å². The van der Waals surface area contributed by atoms with Gasteiger partial charge in [-0.3, -0.25) is 4.79 Å². The molecule has 0 radical (unpaired) electrons. The van der Waals surface area contributed by atoms with Crippen molar-refractivity contribution in [3.63, 3.8) is 0 Å². The van der Waals surface area contributed by atoms with Crippen molar-refractivity contribution in [1.29, 1.82) is 0 Å². The topological polar surface area (TPSA) is 41.1 Å². The summed E-state index contributed by atoms with van der Waals surface area (Å²) in [6.07, 6.45) is 0.390. The van der Waals surface area contributed by atoms with Crippen LogP contribution in [0.3, 0.4) is 0 Å². The van der Waals surface area contributed by atoms with Crippen molar-refractivity contribution in [2.45, 2.75) is 19.9 Å². The fourth-order valence-corrected chi connectivity index (χ4v) is 2.66. The fourth-order valence-electron chi connectivity index (χ4n) is 2.66. The Morgan fingerprint density at radius 3 is 2.16 bits per heavy atom. The van der Waals surface area contributed by atoms with E-state index in [2.05, 4.69) is 22.8 Å². The molecule has 0 atom stereocenters. The summed E-state index contributed by atoms with van der Waals surface area (Å²) in [6, 6.07) is 26.0. The molecule has 0 fully saturated rings. The zero-order chi connectivity index (χ0) is 17.5. The van der Waals surface area contributed by atoms with Crippen LogP contribution in [0.5, 0.6) is 0 Å². The molecular formula is C22H22N2O. The maximum atomic E-state index is 12.2. The Morgan fingerprint density at radius 1 is 0.800 bits per heavy atom. The number of hydrogen-bond donors (Lipinski definition) is 2. The van der Waals surface area contributed by atoms with Gasteiger partial charge >= 0.3 is 0 Å². The average Bonchev–Trinajstić information content (AvgIpc) is 2.64. The number of benzene rings is 3. The first-order chi connectivity index (χ1) is 12.2. The van der Waals surface area contributed by atoms with Crippen LogP contribution in [0.1, 0.15) is 16.7 Å². The van der Waals surface area contributed by atoms with E-state index in [0.717, 1.165) is 29.0 Å². The molecular weight excluding hydrogens is 308 g/mol. The summed E-state index contributed by atoms with van der Waals surface area (Å²) < 4.78 is 0. The predicted octanol–water partition coefficient (Wildman–Crippen LogP) is 4.79. The lowest BCUT2D eigenvalue weighted by atomic mass is 10.1. The summed E-state index contributed by atoms with van der Waals surface area (Å²) in [5.74, 6) is -0.000653. The second-order valence-electron chi connectivity index (χ2n) is 6.07. The van der Waals surface area contributed by atoms with Crippen molar-refractivity contribution >= 4 is 17.3 Å². The van der Waals surface area contributed by atoms with Gasteiger partial charge in [-0.2, -0.15) is 0 Å². The summed E-state index contributed by atoms with van der Waals surface area (Å²) in [4.78, 5) is 12.2. The largest absolute Gasteiger partial charge is 0.381 e. The second-order valence-corrected chi connectivity index (χ2v) is 6.07. The zero-order valence-corrected chi connectivity index (χ0v) is 14.3. The third-order valence-electron chi connectivity index (χ3n) is 4.12. The summed E-state index contributed by atoms with van der Waals surface area (Å²) in [5, 5.41) is 6.33. The van der Waals surface area contributed by atoms with Crippen molar-refractivity contribution < 1.29 is 4.79 Å².